The van der Waals surface area contributed by atoms with Crippen LogP contribution in [0.5, 0.6) is 0 Å². The molecule has 0 aliphatic carbocycles. The van der Waals surface area contributed by atoms with Crippen LogP contribution in [0.15, 0.2) is 47.1 Å². The summed E-state index contributed by atoms with van der Waals surface area (Å²) in [4.78, 5) is 11.4. The summed E-state index contributed by atoms with van der Waals surface area (Å²) in [6.45, 7) is 5.79. The van der Waals surface area contributed by atoms with Crippen LogP contribution in [-0.2, 0) is 0 Å². The summed E-state index contributed by atoms with van der Waals surface area (Å²) in [5.74, 6) is 2.01. The molecule has 0 saturated carbocycles. The number of benzene rings is 1. The predicted molar refractivity (Wildman–Crippen MR) is 92.8 cm³/mol. The Morgan fingerprint density at radius 3 is 2.83 bits per heavy atom. The quantitative estimate of drug-likeness (QED) is 0.799. The molecule has 6 nitrogen and oxygen atoms in total. The first-order chi connectivity index (χ1) is 11.8. The van der Waals surface area contributed by atoms with Crippen molar-refractivity contribution in [1.29, 1.82) is 0 Å². The van der Waals surface area contributed by atoms with Gasteiger partial charge in [0.25, 0.3) is 5.89 Å². The number of hydrogen-bond donors (Lipinski definition) is 1. The van der Waals surface area contributed by atoms with Crippen molar-refractivity contribution < 1.29 is 4.52 Å². The number of pyridine rings is 1. The number of rotatable bonds is 3. The second kappa shape index (κ2) is 6.41. The summed E-state index contributed by atoms with van der Waals surface area (Å²) in [5, 5.41) is 7.50. The Balaban J connectivity index is 1.70. The molecule has 122 valence electrons. The van der Waals surface area contributed by atoms with Crippen LogP contribution < -0.4 is 10.2 Å². The number of piperazine rings is 1. The number of nitrogens with one attached hydrogen (secondary N) is 1. The van der Waals surface area contributed by atoms with Crippen LogP contribution >= 0.6 is 0 Å². The largest absolute Gasteiger partial charge is 0.353 e. The van der Waals surface area contributed by atoms with Crippen LogP contribution in [0, 0.1) is 6.92 Å². The average Bonchev–Trinajstić information content (AvgIpc) is 3.12. The molecule has 4 rings (SSSR count). The first-order valence-electron chi connectivity index (χ1n) is 8.13. The zero-order valence-electron chi connectivity index (χ0n) is 13.6. The molecule has 3 heterocycles. The van der Waals surface area contributed by atoms with Gasteiger partial charge in [-0.25, -0.2) is 4.98 Å². The third kappa shape index (κ3) is 2.88. The van der Waals surface area contributed by atoms with E-state index in [-0.39, 0.29) is 0 Å². The maximum atomic E-state index is 5.53. The summed E-state index contributed by atoms with van der Waals surface area (Å²) >= 11 is 0. The van der Waals surface area contributed by atoms with E-state index in [0.717, 1.165) is 43.1 Å². The van der Waals surface area contributed by atoms with Crippen LogP contribution in [0.2, 0.25) is 0 Å². The lowest BCUT2D eigenvalue weighted by Crippen LogP contribution is -2.44. The van der Waals surface area contributed by atoms with Gasteiger partial charge in [-0.1, -0.05) is 28.9 Å². The highest BCUT2D eigenvalue weighted by Gasteiger charge is 2.20. The Morgan fingerprint density at radius 1 is 1.12 bits per heavy atom. The lowest BCUT2D eigenvalue weighted by Gasteiger charge is -2.29. The topological polar surface area (TPSA) is 67.1 Å². The minimum absolute atomic E-state index is 0.508. The van der Waals surface area contributed by atoms with E-state index in [1.165, 1.54) is 5.56 Å². The SMILES string of the molecule is Cc1cccc(-c2noc(-c3cccnc3N3CCNCC3)n2)c1. The van der Waals surface area contributed by atoms with Gasteiger partial charge in [0.15, 0.2) is 0 Å². The van der Waals surface area contributed by atoms with E-state index in [0.29, 0.717) is 11.7 Å². The first-order valence-corrected chi connectivity index (χ1v) is 8.13. The Bertz CT molecular complexity index is 839. The summed E-state index contributed by atoms with van der Waals surface area (Å²) in [7, 11) is 0. The van der Waals surface area contributed by atoms with Gasteiger partial charge in [0.2, 0.25) is 5.82 Å². The summed E-state index contributed by atoms with van der Waals surface area (Å²) < 4.78 is 5.53. The fraction of sp³-hybridized carbons (Fsp3) is 0.278. The monoisotopic (exact) mass is 321 g/mol. The molecule has 0 unspecified atom stereocenters. The molecular weight excluding hydrogens is 302 g/mol. The highest BCUT2D eigenvalue weighted by atomic mass is 16.5. The zero-order valence-corrected chi connectivity index (χ0v) is 13.6. The van der Waals surface area contributed by atoms with E-state index in [9.17, 15) is 0 Å². The first kappa shape index (κ1) is 14.8. The maximum Gasteiger partial charge on any atom is 0.261 e. The second-order valence-electron chi connectivity index (χ2n) is 5.90. The lowest BCUT2D eigenvalue weighted by atomic mass is 10.1. The van der Waals surface area contributed by atoms with Gasteiger partial charge in [-0.05, 0) is 25.1 Å². The molecule has 0 spiro atoms. The molecule has 1 aliphatic heterocycles. The molecule has 0 bridgehead atoms. The standard InChI is InChI=1S/C18H19N5O/c1-13-4-2-5-14(12-13)16-21-18(24-22-16)15-6-3-7-20-17(15)23-10-8-19-9-11-23/h2-7,12,19H,8-11H2,1H3. The van der Waals surface area contributed by atoms with Crippen molar-refractivity contribution in [2.45, 2.75) is 6.92 Å². The molecule has 2 aromatic heterocycles. The number of aryl methyl sites for hydroxylation is 1. The third-order valence-corrected chi connectivity index (χ3v) is 4.14. The Labute approximate surface area is 140 Å². The highest BCUT2D eigenvalue weighted by molar-refractivity contribution is 5.71. The number of hydrogen-bond acceptors (Lipinski definition) is 6. The number of aromatic nitrogens is 3. The van der Waals surface area contributed by atoms with Gasteiger partial charge >= 0.3 is 0 Å². The van der Waals surface area contributed by atoms with E-state index in [4.69, 9.17) is 4.52 Å². The van der Waals surface area contributed by atoms with Crippen molar-refractivity contribution >= 4 is 5.82 Å². The zero-order chi connectivity index (χ0) is 16.4. The van der Waals surface area contributed by atoms with Crippen LogP contribution in [-0.4, -0.2) is 41.3 Å². The molecule has 24 heavy (non-hydrogen) atoms. The average molecular weight is 321 g/mol. The van der Waals surface area contributed by atoms with Gasteiger partial charge < -0.3 is 14.7 Å². The molecule has 0 radical (unpaired) electrons. The molecule has 3 aromatic rings. The molecule has 0 amide bonds. The van der Waals surface area contributed by atoms with E-state index in [1.54, 1.807) is 6.20 Å². The fourth-order valence-corrected chi connectivity index (χ4v) is 2.93. The Kier molecular flexibility index (Phi) is 3.96. The summed E-state index contributed by atoms with van der Waals surface area (Å²) in [6.07, 6.45) is 1.80. The Hall–Kier alpha value is -2.73. The highest BCUT2D eigenvalue weighted by Crippen LogP contribution is 2.29. The van der Waals surface area contributed by atoms with Gasteiger partial charge in [0, 0.05) is 37.9 Å². The summed E-state index contributed by atoms with van der Waals surface area (Å²) in [6, 6.07) is 12.0. The van der Waals surface area contributed by atoms with Crippen LogP contribution in [0.4, 0.5) is 5.82 Å². The van der Waals surface area contributed by atoms with Crippen molar-refractivity contribution in [1.82, 2.24) is 20.4 Å². The van der Waals surface area contributed by atoms with E-state index >= 15 is 0 Å². The molecule has 1 saturated heterocycles. The predicted octanol–water partition coefficient (Wildman–Crippen LogP) is 2.52. The van der Waals surface area contributed by atoms with Crippen molar-refractivity contribution in [3.05, 3.63) is 48.2 Å². The smallest absolute Gasteiger partial charge is 0.261 e. The van der Waals surface area contributed by atoms with Crippen molar-refractivity contribution in [3.63, 3.8) is 0 Å². The Morgan fingerprint density at radius 2 is 2.00 bits per heavy atom. The third-order valence-electron chi connectivity index (χ3n) is 4.14. The second-order valence-corrected chi connectivity index (χ2v) is 5.90. The molecule has 6 heteroatoms. The number of nitrogens with zero attached hydrogens (tertiary/aromatic N) is 4. The van der Waals surface area contributed by atoms with Gasteiger partial charge in [0.05, 0.1) is 5.56 Å². The molecule has 1 N–H and O–H groups in total. The molecule has 1 fully saturated rings. The maximum absolute atomic E-state index is 5.53. The van der Waals surface area contributed by atoms with Crippen molar-refractivity contribution in [2.24, 2.45) is 0 Å². The van der Waals surface area contributed by atoms with E-state index < -0.39 is 0 Å². The normalized spacial score (nSPS) is 14.8. The lowest BCUT2D eigenvalue weighted by molar-refractivity contribution is 0.432. The minimum atomic E-state index is 0.508. The molecule has 1 aliphatic rings. The van der Waals surface area contributed by atoms with Gasteiger partial charge in [-0.15, -0.1) is 0 Å². The summed E-state index contributed by atoms with van der Waals surface area (Å²) in [5.41, 5.74) is 3.00. The fourth-order valence-electron chi connectivity index (χ4n) is 2.93. The van der Waals surface area contributed by atoms with Crippen molar-refractivity contribution in [2.75, 3.05) is 31.1 Å². The minimum Gasteiger partial charge on any atom is -0.353 e. The van der Waals surface area contributed by atoms with Crippen LogP contribution in [0.1, 0.15) is 5.56 Å². The molecule has 1 aromatic carbocycles. The van der Waals surface area contributed by atoms with Crippen LogP contribution in [0.3, 0.4) is 0 Å². The van der Waals surface area contributed by atoms with Gasteiger partial charge in [-0.2, -0.15) is 4.98 Å². The van der Waals surface area contributed by atoms with E-state index in [2.05, 4.69) is 31.4 Å². The van der Waals surface area contributed by atoms with E-state index in [1.807, 2.05) is 37.3 Å². The molecular formula is C18H19N5O. The van der Waals surface area contributed by atoms with Gasteiger partial charge in [0.1, 0.15) is 5.82 Å². The number of anilines is 1. The van der Waals surface area contributed by atoms with Gasteiger partial charge in [-0.3, -0.25) is 0 Å². The van der Waals surface area contributed by atoms with Crippen molar-refractivity contribution in [3.8, 4) is 22.8 Å². The molecule has 0 atom stereocenters. The van der Waals surface area contributed by atoms with Crippen LogP contribution in [0.25, 0.3) is 22.8 Å².